The van der Waals surface area contributed by atoms with Crippen LogP contribution in [-0.2, 0) is 13.1 Å². The van der Waals surface area contributed by atoms with Crippen molar-refractivity contribution in [1.29, 1.82) is 0 Å². The Bertz CT molecular complexity index is 318. The van der Waals surface area contributed by atoms with E-state index in [1.54, 1.807) is 0 Å². The molecule has 0 aromatic carbocycles. The summed E-state index contributed by atoms with van der Waals surface area (Å²) in [4.78, 5) is 4.76. The van der Waals surface area contributed by atoms with Crippen LogP contribution in [0.1, 0.15) is 11.5 Å². The predicted octanol–water partition coefficient (Wildman–Crippen LogP) is 0.141. The zero-order valence-electron chi connectivity index (χ0n) is 10.1. The first-order chi connectivity index (χ1) is 7.78. The highest BCUT2D eigenvalue weighted by Gasteiger charge is 2.15. The summed E-state index contributed by atoms with van der Waals surface area (Å²) in [5.41, 5.74) is 0.978. The Labute approximate surface area is 96.4 Å². The molecule has 0 unspecified atom stereocenters. The van der Waals surface area contributed by atoms with E-state index in [2.05, 4.69) is 27.3 Å². The summed E-state index contributed by atoms with van der Waals surface area (Å²) in [6.45, 7) is 6.14. The lowest BCUT2D eigenvalue weighted by Crippen LogP contribution is -2.43. The third-order valence-corrected chi connectivity index (χ3v) is 2.94. The Morgan fingerprint density at radius 1 is 1.38 bits per heavy atom. The molecule has 0 saturated carbocycles. The van der Waals surface area contributed by atoms with Gasteiger partial charge in [-0.25, -0.2) is 0 Å². The van der Waals surface area contributed by atoms with E-state index in [0.717, 1.165) is 50.7 Å². The largest absolute Gasteiger partial charge is 0.360 e. The van der Waals surface area contributed by atoms with E-state index in [1.165, 1.54) is 0 Å². The van der Waals surface area contributed by atoms with Gasteiger partial charge in [-0.15, -0.1) is 0 Å². The molecule has 0 atom stereocenters. The van der Waals surface area contributed by atoms with Crippen LogP contribution >= 0.6 is 0 Å². The van der Waals surface area contributed by atoms with Gasteiger partial charge in [0.25, 0.3) is 0 Å². The molecule has 0 spiro atoms. The third kappa shape index (κ3) is 3.04. The van der Waals surface area contributed by atoms with E-state index < -0.39 is 0 Å². The summed E-state index contributed by atoms with van der Waals surface area (Å²) < 4.78 is 5.30. The Morgan fingerprint density at radius 3 is 2.81 bits per heavy atom. The molecule has 5 heteroatoms. The molecule has 2 rings (SSSR count). The Balaban J connectivity index is 1.83. The maximum absolute atomic E-state index is 5.30. The minimum atomic E-state index is 0.770. The van der Waals surface area contributed by atoms with Crippen molar-refractivity contribution in [2.45, 2.75) is 13.1 Å². The van der Waals surface area contributed by atoms with Crippen LogP contribution < -0.4 is 5.32 Å². The van der Waals surface area contributed by atoms with Crippen LogP contribution in [0.5, 0.6) is 0 Å². The highest BCUT2D eigenvalue weighted by Crippen LogP contribution is 2.09. The maximum atomic E-state index is 5.30. The van der Waals surface area contributed by atoms with Gasteiger partial charge in [0.15, 0.2) is 5.76 Å². The Kier molecular flexibility index (Phi) is 3.93. The normalized spacial score (nSPS) is 19.1. The average molecular weight is 224 g/mol. The monoisotopic (exact) mass is 224 g/mol. The first-order valence-corrected chi connectivity index (χ1v) is 5.78. The molecule has 1 aromatic rings. The van der Waals surface area contributed by atoms with E-state index in [1.807, 2.05) is 13.1 Å². The second-order valence-corrected chi connectivity index (χ2v) is 4.39. The smallest absolute Gasteiger partial charge is 0.151 e. The van der Waals surface area contributed by atoms with Gasteiger partial charge in [0.05, 0.1) is 12.2 Å². The quantitative estimate of drug-likeness (QED) is 0.788. The van der Waals surface area contributed by atoms with Gasteiger partial charge in [-0.05, 0) is 14.1 Å². The van der Waals surface area contributed by atoms with Gasteiger partial charge in [0, 0.05) is 38.8 Å². The number of rotatable bonds is 4. The molecule has 1 aliphatic rings. The minimum absolute atomic E-state index is 0.770. The summed E-state index contributed by atoms with van der Waals surface area (Å²) in [6, 6.07) is 2.04. The molecule has 1 fully saturated rings. The van der Waals surface area contributed by atoms with Crippen molar-refractivity contribution in [2.24, 2.45) is 0 Å². The van der Waals surface area contributed by atoms with Crippen LogP contribution in [0.4, 0.5) is 0 Å². The number of hydrogen-bond donors (Lipinski definition) is 1. The molecule has 2 heterocycles. The fraction of sp³-hybridized carbons (Fsp3) is 0.727. The fourth-order valence-corrected chi connectivity index (χ4v) is 1.92. The Hall–Kier alpha value is -0.910. The van der Waals surface area contributed by atoms with E-state index in [-0.39, 0.29) is 0 Å². The molecule has 16 heavy (non-hydrogen) atoms. The first-order valence-electron chi connectivity index (χ1n) is 5.78. The first kappa shape index (κ1) is 11.6. The zero-order chi connectivity index (χ0) is 11.4. The van der Waals surface area contributed by atoms with Gasteiger partial charge in [-0.1, -0.05) is 5.16 Å². The predicted molar refractivity (Wildman–Crippen MR) is 62.0 cm³/mol. The molecule has 0 aliphatic carbocycles. The number of nitrogens with zero attached hydrogens (tertiary/aromatic N) is 3. The number of likely N-dealkylation sites (N-methyl/N-ethyl adjacent to an activating group) is 1. The molecule has 0 amide bonds. The van der Waals surface area contributed by atoms with Crippen LogP contribution in [0.2, 0.25) is 0 Å². The molecule has 1 aliphatic heterocycles. The van der Waals surface area contributed by atoms with Crippen LogP contribution in [0.25, 0.3) is 0 Å². The maximum Gasteiger partial charge on any atom is 0.151 e. The molecule has 0 bridgehead atoms. The highest BCUT2D eigenvalue weighted by molar-refractivity contribution is 5.05. The summed E-state index contributed by atoms with van der Waals surface area (Å²) in [5, 5.41) is 7.08. The van der Waals surface area contributed by atoms with Gasteiger partial charge in [-0.3, -0.25) is 4.90 Å². The molecule has 0 radical (unpaired) electrons. The van der Waals surface area contributed by atoms with Crippen molar-refractivity contribution in [1.82, 2.24) is 20.3 Å². The van der Waals surface area contributed by atoms with E-state index >= 15 is 0 Å². The van der Waals surface area contributed by atoms with Crippen LogP contribution in [0.3, 0.4) is 0 Å². The second-order valence-electron chi connectivity index (χ2n) is 4.39. The van der Waals surface area contributed by atoms with E-state index in [0.29, 0.717) is 0 Å². The number of hydrogen-bond acceptors (Lipinski definition) is 5. The third-order valence-electron chi connectivity index (χ3n) is 2.94. The lowest BCUT2D eigenvalue weighted by atomic mass is 10.3. The van der Waals surface area contributed by atoms with Crippen LogP contribution in [-0.4, -0.2) is 55.2 Å². The summed E-state index contributed by atoms with van der Waals surface area (Å²) in [5.74, 6) is 0.967. The second kappa shape index (κ2) is 5.43. The van der Waals surface area contributed by atoms with E-state index in [9.17, 15) is 0 Å². The van der Waals surface area contributed by atoms with E-state index in [4.69, 9.17) is 4.52 Å². The molecule has 1 aromatic heterocycles. The fourth-order valence-electron chi connectivity index (χ4n) is 1.92. The summed E-state index contributed by atoms with van der Waals surface area (Å²) >= 11 is 0. The van der Waals surface area contributed by atoms with Gasteiger partial charge in [0.1, 0.15) is 0 Å². The van der Waals surface area contributed by atoms with Crippen molar-refractivity contribution in [3.05, 3.63) is 17.5 Å². The van der Waals surface area contributed by atoms with Gasteiger partial charge in [-0.2, -0.15) is 0 Å². The summed E-state index contributed by atoms with van der Waals surface area (Å²) in [7, 11) is 4.08. The minimum Gasteiger partial charge on any atom is -0.360 e. The van der Waals surface area contributed by atoms with Gasteiger partial charge >= 0.3 is 0 Å². The van der Waals surface area contributed by atoms with Gasteiger partial charge in [0.2, 0.25) is 0 Å². The molecular formula is C11H20N4O. The van der Waals surface area contributed by atoms with Crippen molar-refractivity contribution < 1.29 is 4.52 Å². The molecular weight excluding hydrogens is 204 g/mol. The lowest BCUT2D eigenvalue weighted by molar-refractivity contribution is 0.137. The molecule has 5 nitrogen and oxygen atoms in total. The van der Waals surface area contributed by atoms with Crippen molar-refractivity contribution in [3.63, 3.8) is 0 Å². The molecule has 1 saturated heterocycles. The average Bonchev–Trinajstić information content (AvgIpc) is 2.70. The van der Waals surface area contributed by atoms with Gasteiger partial charge < -0.3 is 14.7 Å². The molecule has 90 valence electrons. The van der Waals surface area contributed by atoms with Crippen molar-refractivity contribution in [2.75, 3.05) is 40.3 Å². The molecule has 1 N–H and O–H groups in total. The highest BCUT2D eigenvalue weighted by atomic mass is 16.5. The zero-order valence-corrected chi connectivity index (χ0v) is 10.1. The number of piperazine rings is 1. The number of nitrogens with one attached hydrogen (secondary N) is 1. The van der Waals surface area contributed by atoms with Crippen LogP contribution in [0, 0.1) is 0 Å². The lowest BCUT2D eigenvalue weighted by Gasteiger charge is -2.31. The SMILES string of the molecule is CNCc1cc(CN2CCN(C)CC2)on1. The van der Waals surface area contributed by atoms with Crippen molar-refractivity contribution in [3.8, 4) is 0 Å². The van der Waals surface area contributed by atoms with Crippen molar-refractivity contribution >= 4 is 0 Å². The standard InChI is InChI=1S/C11H20N4O/c1-12-8-10-7-11(16-13-10)9-15-5-3-14(2)4-6-15/h7,12H,3-6,8-9H2,1-2H3. The van der Waals surface area contributed by atoms with Crippen LogP contribution in [0.15, 0.2) is 10.6 Å². The Morgan fingerprint density at radius 2 is 2.12 bits per heavy atom. The number of aromatic nitrogens is 1. The summed E-state index contributed by atoms with van der Waals surface area (Å²) in [6.07, 6.45) is 0. The topological polar surface area (TPSA) is 44.5 Å².